The molecule has 0 radical (unpaired) electrons. The van der Waals surface area contributed by atoms with Gasteiger partial charge < -0.3 is 25.4 Å². The second-order valence-corrected chi connectivity index (χ2v) is 10.3. The zero-order valence-electron chi connectivity index (χ0n) is 22.6. The zero-order valence-corrected chi connectivity index (χ0v) is 22.6. The molecule has 2 atom stereocenters. The summed E-state index contributed by atoms with van der Waals surface area (Å²) in [5, 5.41) is 15.7. The number of phenolic OH excluding ortho intramolecular Hbond substituents is 1. The number of alkyl carbamates (subject to hydrolysis) is 1. The molecule has 8 heteroatoms. The summed E-state index contributed by atoms with van der Waals surface area (Å²) in [5.41, 5.74) is 1.26. The molecule has 2 rings (SSSR count). The maximum atomic E-state index is 13.9. The largest absolute Gasteiger partial charge is 0.508 e. The van der Waals surface area contributed by atoms with Crippen molar-refractivity contribution in [2.75, 3.05) is 6.54 Å². The maximum absolute atomic E-state index is 13.9. The molecule has 8 nitrogen and oxygen atoms in total. The van der Waals surface area contributed by atoms with Crippen LogP contribution in [0.4, 0.5) is 4.79 Å². The van der Waals surface area contributed by atoms with Crippen molar-refractivity contribution in [2.24, 2.45) is 5.92 Å². The molecule has 2 unspecified atom stereocenters. The van der Waals surface area contributed by atoms with Gasteiger partial charge in [-0.25, -0.2) is 4.79 Å². The summed E-state index contributed by atoms with van der Waals surface area (Å²) in [6, 6.07) is 12.3. The van der Waals surface area contributed by atoms with E-state index < -0.39 is 35.6 Å². The molecule has 0 heterocycles. The number of carbonyl (C=O) groups is 3. The van der Waals surface area contributed by atoms with Crippen LogP contribution in [-0.2, 0) is 20.9 Å². The third kappa shape index (κ3) is 8.66. The standard InChI is InChI=1S/C29H39N3O5/c1-8-16-32(27(35)24(19(2)3)31-28(36)37-29(5,6)7)25(22-14-15-23(33)20(4)17-22)26(34)30-18-21-12-10-9-11-13-21/h8-15,17,19,24-25,33H,1,16,18H2,2-7H3,(H,30,34)(H,31,36). The molecular weight excluding hydrogens is 470 g/mol. The molecule has 200 valence electrons. The van der Waals surface area contributed by atoms with Gasteiger partial charge in [-0.1, -0.05) is 56.3 Å². The lowest BCUT2D eigenvalue weighted by molar-refractivity contribution is -0.142. The van der Waals surface area contributed by atoms with E-state index in [2.05, 4.69) is 17.2 Å². The Balaban J connectivity index is 2.45. The molecule has 0 bridgehead atoms. The number of ether oxygens (including phenoxy) is 1. The highest BCUT2D eigenvalue weighted by Crippen LogP contribution is 2.28. The number of phenols is 1. The summed E-state index contributed by atoms with van der Waals surface area (Å²) in [5.74, 6) is -1.06. The fourth-order valence-corrected chi connectivity index (χ4v) is 3.79. The Kier molecular flexibility index (Phi) is 10.3. The van der Waals surface area contributed by atoms with Gasteiger partial charge >= 0.3 is 6.09 Å². The van der Waals surface area contributed by atoms with Gasteiger partial charge in [0.1, 0.15) is 23.4 Å². The van der Waals surface area contributed by atoms with Crippen LogP contribution in [0.15, 0.2) is 61.2 Å². The molecule has 0 fully saturated rings. The summed E-state index contributed by atoms with van der Waals surface area (Å²) >= 11 is 0. The van der Waals surface area contributed by atoms with Crippen molar-refractivity contribution < 1.29 is 24.2 Å². The van der Waals surface area contributed by atoms with Crippen LogP contribution in [0.2, 0.25) is 0 Å². The molecule has 0 aromatic heterocycles. The number of hydrogen-bond donors (Lipinski definition) is 3. The second-order valence-electron chi connectivity index (χ2n) is 10.3. The maximum Gasteiger partial charge on any atom is 0.408 e. The molecule has 0 saturated carbocycles. The van der Waals surface area contributed by atoms with E-state index in [1.807, 2.05) is 30.3 Å². The highest BCUT2D eigenvalue weighted by molar-refractivity contribution is 5.92. The van der Waals surface area contributed by atoms with E-state index in [0.29, 0.717) is 11.1 Å². The van der Waals surface area contributed by atoms with Crippen LogP contribution in [0.5, 0.6) is 5.75 Å². The van der Waals surface area contributed by atoms with Crippen LogP contribution >= 0.6 is 0 Å². The molecule has 0 spiro atoms. The summed E-state index contributed by atoms with van der Waals surface area (Å²) in [6.07, 6.45) is 0.816. The monoisotopic (exact) mass is 509 g/mol. The van der Waals surface area contributed by atoms with Gasteiger partial charge in [-0.3, -0.25) is 9.59 Å². The number of hydrogen-bond acceptors (Lipinski definition) is 5. The van der Waals surface area contributed by atoms with Crippen molar-refractivity contribution in [1.29, 1.82) is 0 Å². The van der Waals surface area contributed by atoms with E-state index in [1.165, 1.54) is 17.0 Å². The third-order valence-corrected chi connectivity index (χ3v) is 5.62. The van der Waals surface area contributed by atoms with Gasteiger partial charge in [0.15, 0.2) is 0 Å². The normalized spacial score (nSPS) is 12.8. The number of nitrogens with one attached hydrogen (secondary N) is 2. The van der Waals surface area contributed by atoms with Crippen molar-refractivity contribution in [2.45, 2.75) is 65.8 Å². The predicted molar refractivity (Wildman–Crippen MR) is 144 cm³/mol. The average Bonchev–Trinajstić information content (AvgIpc) is 2.82. The van der Waals surface area contributed by atoms with Crippen LogP contribution < -0.4 is 10.6 Å². The fourth-order valence-electron chi connectivity index (χ4n) is 3.79. The SMILES string of the molecule is C=CCN(C(=O)C(NC(=O)OC(C)(C)C)C(C)C)C(C(=O)NCc1ccccc1)c1ccc(O)c(C)c1. The molecule has 2 aromatic rings. The lowest BCUT2D eigenvalue weighted by Gasteiger charge is -2.35. The Morgan fingerprint density at radius 1 is 1.11 bits per heavy atom. The quantitative estimate of drug-likeness (QED) is 0.405. The molecule has 0 aliphatic rings. The van der Waals surface area contributed by atoms with Gasteiger partial charge in [-0.05, 0) is 62.4 Å². The molecular formula is C29H39N3O5. The molecule has 2 aromatic carbocycles. The number of aromatic hydroxyl groups is 1. The minimum Gasteiger partial charge on any atom is -0.508 e. The van der Waals surface area contributed by atoms with Crippen molar-refractivity contribution in [3.63, 3.8) is 0 Å². The summed E-state index contributed by atoms with van der Waals surface area (Å²) in [7, 11) is 0. The van der Waals surface area contributed by atoms with E-state index in [1.54, 1.807) is 53.7 Å². The van der Waals surface area contributed by atoms with Crippen LogP contribution in [0.3, 0.4) is 0 Å². The third-order valence-electron chi connectivity index (χ3n) is 5.62. The number of nitrogens with zero attached hydrogens (tertiary/aromatic N) is 1. The van der Waals surface area contributed by atoms with Crippen LogP contribution in [0.1, 0.15) is 57.4 Å². The van der Waals surface area contributed by atoms with E-state index in [9.17, 15) is 19.5 Å². The number of amides is 3. The molecule has 0 aliphatic heterocycles. The lowest BCUT2D eigenvalue weighted by Crippen LogP contribution is -2.54. The smallest absolute Gasteiger partial charge is 0.408 e. The van der Waals surface area contributed by atoms with Crippen LogP contribution in [-0.4, -0.2) is 46.1 Å². The Hall–Kier alpha value is -3.81. The zero-order chi connectivity index (χ0) is 27.8. The Morgan fingerprint density at radius 2 is 1.76 bits per heavy atom. The van der Waals surface area contributed by atoms with Gasteiger partial charge in [0.05, 0.1) is 0 Å². The first-order chi connectivity index (χ1) is 17.3. The highest BCUT2D eigenvalue weighted by Gasteiger charge is 2.37. The van der Waals surface area contributed by atoms with Gasteiger partial charge in [0.2, 0.25) is 11.8 Å². The molecule has 3 amide bonds. The van der Waals surface area contributed by atoms with Gasteiger partial charge in [-0.15, -0.1) is 6.58 Å². The Bertz CT molecular complexity index is 1090. The second kappa shape index (κ2) is 12.9. The van der Waals surface area contributed by atoms with Crippen molar-refractivity contribution in [3.8, 4) is 5.75 Å². The minimum atomic E-state index is -1.03. The summed E-state index contributed by atoms with van der Waals surface area (Å²) in [6.45, 7) is 14.7. The highest BCUT2D eigenvalue weighted by atomic mass is 16.6. The first kappa shape index (κ1) is 29.4. The van der Waals surface area contributed by atoms with E-state index >= 15 is 0 Å². The molecule has 0 saturated heterocycles. The van der Waals surface area contributed by atoms with Crippen molar-refractivity contribution in [3.05, 3.63) is 77.9 Å². The van der Waals surface area contributed by atoms with Crippen LogP contribution in [0, 0.1) is 12.8 Å². The Labute approximate surface area is 219 Å². The van der Waals surface area contributed by atoms with Crippen molar-refractivity contribution in [1.82, 2.24) is 15.5 Å². The van der Waals surface area contributed by atoms with E-state index in [0.717, 1.165) is 5.56 Å². The first-order valence-corrected chi connectivity index (χ1v) is 12.4. The molecule has 37 heavy (non-hydrogen) atoms. The number of carbonyl (C=O) groups excluding carboxylic acids is 3. The number of benzene rings is 2. The van der Waals surface area contributed by atoms with Gasteiger partial charge in [-0.2, -0.15) is 0 Å². The Morgan fingerprint density at radius 3 is 2.30 bits per heavy atom. The first-order valence-electron chi connectivity index (χ1n) is 12.4. The fraction of sp³-hybridized carbons (Fsp3) is 0.414. The van der Waals surface area contributed by atoms with E-state index in [-0.39, 0.29) is 24.8 Å². The summed E-state index contributed by atoms with van der Waals surface area (Å²) in [4.78, 5) is 41.5. The summed E-state index contributed by atoms with van der Waals surface area (Å²) < 4.78 is 5.37. The van der Waals surface area contributed by atoms with Gasteiger partial charge in [0.25, 0.3) is 0 Å². The number of aryl methyl sites for hydroxylation is 1. The van der Waals surface area contributed by atoms with Crippen LogP contribution in [0.25, 0.3) is 0 Å². The molecule has 0 aliphatic carbocycles. The molecule has 3 N–H and O–H groups in total. The number of rotatable bonds is 10. The van der Waals surface area contributed by atoms with E-state index in [4.69, 9.17) is 4.74 Å². The minimum absolute atomic E-state index is 0.0569. The topological polar surface area (TPSA) is 108 Å². The van der Waals surface area contributed by atoms with Gasteiger partial charge in [0, 0.05) is 13.1 Å². The predicted octanol–water partition coefficient (Wildman–Crippen LogP) is 4.62. The van der Waals surface area contributed by atoms with Crippen molar-refractivity contribution >= 4 is 17.9 Å². The lowest BCUT2D eigenvalue weighted by atomic mass is 9.97. The average molecular weight is 510 g/mol.